The maximum absolute atomic E-state index is 11.8. The van der Waals surface area contributed by atoms with Crippen LogP contribution in [0.2, 0.25) is 0 Å². The number of hydrogen-bond acceptors (Lipinski definition) is 3. The molecular weight excluding hydrogens is 218 g/mol. The Kier molecular flexibility index (Phi) is 4.69. The minimum absolute atomic E-state index is 0.130. The highest BCUT2D eigenvalue weighted by atomic mass is 16.3. The van der Waals surface area contributed by atoms with Gasteiger partial charge in [0.2, 0.25) is 0 Å². The third-order valence-corrected chi connectivity index (χ3v) is 2.63. The van der Waals surface area contributed by atoms with E-state index in [9.17, 15) is 4.79 Å². The molecule has 5 heteroatoms. The van der Waals surface area contributed by atoms with E-state index < -0.39 is 6.10 Å². The monoisotopic (exact) mass is 239 g/mol. The first-order chi connectivity index (χ1) is 7.93. The Hall–Kier alpha value is -1.36. The lowest BCUT2D eigenvalue weighted by Gasteiger charge is -2.09. The Morgan fingerprint density at radius 1 is 1.53 bits per heavy atom. The van der Waals surface area contributed by atoms with Gasteiger partial charge in [-0.1, -0.05) is 0 Å². The number of aliphatic hydroxyl groups is 1. The van der Waals surface area contributed by atoms with Crippen LogP contribution in [0.25, 0.3) is 0 Å². The van der Waals surface area contributed by atoms with Crippen LogP contribution >= 0.6 is 0 Å². The van der Waals surface area contributed by atoms with Gasteiger partial charge in [0.1, 0.15) is 0 Å². The fourth-order valence-electron chi connectivity index (χ4n) is 1.66. The first-order valence-corrected chi connectivity index (χ1v) is 5.93. The summed E-state index contributed by atoms with van der Waals surface area (Å²) in [5.74, 6) is -0.130. The van der Waals surface area contributed by atoms with Crippen molar-refractivity contribution in [1.29, 1.82) is 0 Å². The third-order valence-electron chi connectivity index (χ3n) is 2.63. The molecule has 0 aromatic carbocycles. The molecular formula is C12H21N3O2. The number of rotatable bonds is 5. The van der Waals surface area contributed by atoms with E-state index in [-0.39, 0.29) is 11.9 Å². The van der Waals surface area contributed by atoms with E-state index >= 15 is 0 Å². The van der Waals surface area contributed by atoms with Gasteiger partial charge in [0.05, 0.1) is 17.9 Å². The van der Waals surface area contributed by atoms with Crippen LogP contribution in [0.5, 0.6) is 0 Å². The predicted octanol–water partition coefficient (Wildman–Crippen LogP) is 1.27. The maximum atomic E-state index is 11.8. The summed E-state index contributed by atoms with van der Waals surface area (Å²) in [7, 11) is 0. The van der Waals surface area contributed by atoms with Crippen molar-refractivity contribution < 1.29 is 9.90 Å². The molecule has 0 bridgehead atoms. The van der Waals surface area contributed by atoms with Gasteiger partial charge in [0.15, 0.2) is 0 Å². The highest BCUT2D eigenvalue weighted by Crippen LogP contribution is 2.12. The summed E-state index contributed by atoms with van der Waals surface area (Å²) >= 11 is 0. The molecule has 1 unspecified atom stereocenters. The second-order valence-corrected chi connectivity index (χ2v) is 4.58. The summed E-state index contributed by atoms with van der Waals surface area (Å²) in [6.07, 6.45) is 1.76. The van der Waals surface area contributed by atoms with E-state index in [4.69, 9.17) is 5.11 Å². The van der Waals surface area contributed by atoms with Gasteiger partial charge in [-0.3, -0.25) is 9.48 Å². The lowest BCUT2D eigenvalue weighted by atomic mass is 10.2. The lowest BCUT2D eigenvalue weighted by molar-refractivity contribution is 0.0945. The molecule has 0 aliphatic carbocycles. The molecule has 0 saturated carbocycles. The average molecular weight is 239 g/mol. The molecule has 1 aromatic heterocycles. The molecule has 0 aliphatic rings. The minimum Gasteiger partial charge on any atom is -0.393 e. The average Bonchev–Trinajstić information content (AvgIpc) is 2.59. The van der Waals surface area contributed by atoms with Gasteiger partial charge in [0.25, 0.3) is 5.91 Å². The summed E-state index contributed by atoms with van der Waals surface area (Å²) < 4.78 is 1.82. The number of aromatic nitrogens is 2. The minimum atomic E-state index is -0.394. The van der Waals surface area contributed by atoms with Crippen LogP contribution in [0.3, 0.4) is 0 Å². The van der Waals surface area contributed by atoms with E-state index in [1.165, 1.54) is 0 Å². The van der Waals surface area contributed by atoms with Crippen molar-refractivity contribution in [2.75, 3.05) is 6.54 Å². The molecule has 1 atom stereocenters. The highest BCUT2D eigenvalue weighted by Gasteiger charge is 2.15. The van der Waals surface area contributed by atoms with Crippen molar-refractivity contribution in [2.45, 2.75) is 46.3 Å². The normalized spacial score (nSPS) is 12.8. The van der Waals surface area contributed by atoms with Crippen molar-refractivity contribution in [3.8, 4) is 0 Å². The summed E-state index contributed by atoms with van der Waals surface area (Å²) in [6.45, 7) is 8.11. The molecule has 0 saturated heterocycles. The fourth-order valence-corrected chi connectivity index (χ4v) is 1.66. The van der Waals surface area contributed by atoms with Crippen molar-refractivity contribution >= 4 is 5.91 Å². The number of hydrogen-bond donors (Lipinski definition) is 2. The molecule has 0 radical (unpaired) electrons. The van der Waals surface area contributed by atoms with Crippen molar-refractivity contribution in [1.82, 2.24) is 15.1 Å². The number of carbonyl (C=O) groups excluding carboxylic acids is 1. The van der Waals surface area contributed by atoms with Crippen LogP contribution in [0, 0.1) is 6.92 Å². The zero-order valence-electron chi connectivity index (χ0n) is 10.9. The van der Waals surface area contributed by atoms with Gasteiger partial charge in [-0.2, -0.15) is 5.10 Å². The second-order valence-electron chi connectivity index (χ2n) is 4.58. The zero-order valence-corrected chi connectivity index (χ0v) is 10.9. The predicted molar refractivity (Wildman–Crippen MR) is 66.0 cm³/mol. The molecule has 0 aliphatic heterocycles. The van der Waals surface area contributed by atoms with Gasteiger partial charge in [-0.15, -0.1) is 0 Å². The molecule has 1 amide bonds. The van der Waals surface area contributed by atoms with Crippen LogP contribution in [-0.4, -0.2) is 33.4 Å². The van der Waals surface area contributed by atoms with E-state index in [1.54, 1.807) is 13.1 Å². The van der Waals surface area contributed by atoms with E-state index in [0.29, 0.717) is 18.5 Å². The first-order valence-electron chi connectivity index (χ1n) is 5.93. The second kappa shape index (κ2) is 5.82. The van der Waals surface area contributed by atoms with Gasteiger partial charge in [0, 0.05) is 18.3 Å². The zero-order chi connectivity index (χ0) is 13.0. The van der Waals surface area contributed by atoms with Crippen LogP contribution in [0.15, 0.2) is 6.20 Å². The Bertz CT molecular complexity index is 383. The summed E-state index contributed by atoms with van der Waals surface area (Å²) in [5.41, 5.74) is 1.47. The number of carbonyl (C=O) groups is 1. The SMILES string of the molecule is Cc1c(C(=O)NCCC(C)O)cnn1C(C)C. The smallest absolute Gasteiger partial charge is 0.254 e. The summed E-state index contributed by atoms with van der Waals surface area (Å²) in [5, 5.41) is 16.1. The van der Waals surface area contributed by atoms with E-state index in [1.807, 2.05) is 25.5 Å². The molecule has 5 nitrogen and oxygen atoms in total. The van der Waals surface area contributed by atoms with Crippen molar-refractivity contribution in [2.24, 2.45) is 0 Å². The van der Waals surface area contributed by atoms with E-state index in [2.05, 4.69) is 10.4 Å². The Balaban J connectivity index is 2.63. The Labute approximate surface area is 102 Å². The van der Waals surface area contributed by atoms with Crippen LogP contribution in [0.1, 0.15) is 49.3 Å². The van der Waals surface area contributed by atoms with Crippen molar-refractivity contribution in [3.05, 3.63) is 17.5 Å². The fraction of sp³-hybridized carbons (Fsp3) is 0.667. The van der Waals surface area contributed by atoms with Crippen LogP contribution in [-0.2, 0) is 0 Å². The molecule has 0 fully saturated rings. The van der Waals surface area contributed by atoms with Crippen LogP contribution < -0.4 is 5.32 Å². The largest absolute Gasteiger partial charge is 0.393 e. The number of aliphatic hydroxyl groups excluding tert-OH is 1. The maximum Gasteiger partial charge on any atom is 0.254 e. The quantitative estimate of drug-likeness (QED) is 0.813. The number of nitrogens with zero attached hydrogens (tertiary/aromatic N) is 2. The number of amides is 1. The van der Waals surface area contributed by atoms with Gasteiger partial charge in [-0.05, 0) is 34.1 Å². The lowest BCUT2D eigenvalue weighted by Crippen LogP contribution is -2.27. The Morgan fingerprint density at radius 3 is 2.65 bits per heavy atom. The van der Waals surface area contributed by atoms with Gasteiger partial charge < -0.3 is 10.4 Å². The van der Waals surface area contributed by atoms with Gasteiger partial charge in [-0.25, -0.2) is 0 Å². The van der Waals surface area contributed by atoms with Crippen molar-refractivity contribution in [3.63, 3.8) is 0 Å². The Morgan fingerprint density at radius 2 is 2.18 bits per heavy atom. The summed E-state index contributed by atoms with van der Waals surface area (Å²) in [4.78, 5) is 11.8. The molecule has 96 valence electrons. The summed E-state index contributed by atoms with van der Waals surface area (Å²) in [6, 6.07) is 0.244. The topological polar surface area (TPSA) is 67.2 Å². The molecule has 2 N–H and O–H groups in total. The molecule has 1 heterocycles. The molecule has 0 spiro atoms. The van der Waals surface area contributed by atoms with Crippen LogP contribution in [0.4, 0.5) is 0 Å². The van der Waals surface area contributed by atoms with E-state index in [0.717, 1.165) is 5.69 Å². The molecule has 17 heavy (non-hydrogen) atoms. The number of nitrogens with one attached hydrogen (secondary N) is 1. The molecule has 1 aromatic rings. The standard InChI is InChI=1S/C12H21N3O2/c1-8(2)15-10(4)11(7-14-15)12(17)13-6-5-9(3)16/h7-9,16H,5-6H2,1-4H3,(H,13,17). The highest BCUT2D eigenvalue weighted by molar-refractivity contribution is 5.95. The van der Waals surface area contributed by atoms with Gasteiger partial charge >= 0.3 is 0 Å². The third kappa shape index (κ3) is 3.56. The first kappa shape index (κ1) is 13.7. The molecule has 1 rings (SSSR count).